The first kappa shape index (κ1) is 22.3. The molecule has 0 aliphatic carbocycles. The van der Waals surface area contributed by atoms with Crippen molar-refractivity contribution in [3.05, 3.63) is 64.3 Å². The summed E-state index contributed by atoms with van der Waals surface area (Å²) in [6, 6.07) is 8.47. The summed E-state index contributed by atoms with van der Waals surface area (Å²) in [4.78, 5) is 27.8. The van der Waals surface area contributed by atoms with Gasteiger partial charge in [0.25, 0.3) is 0 Å². The van der Waals surface area contributed by atoms with E-state index in [2.05, 4.69) is 54.9 Å². The lowest BCUT2D eigenvalue weighted by Gasteiger charge is -2.10. The molecule has 1 heterocycles. The standard InChI is InChI=1S/C19H11Cl2I2NO5/c1-27-16(25)8-28-17-13(22)4-9(5-14(17)23)6-15-19(26)29-18(24-15)10-2-3-11(20)12(21)7-10/h2-7H,8H2,1H3/b15-6-. The molecule has 0 fully saturated rings. The highest BCUT2D eigenvalue weighted by atomic mass is 127. The Morgan fingerprint density at radius 3 is 2.48 bits per heavy atom. The van der Waals surface area contributed by atoms with E-state index < -0.39 is 11.9 Å². The highest BCUT2D eigenvalue weighted by Gasteiger charge is 2.25. The van der Waals surface area contributed by atoms with Gasteiger partial charge in [-0.15, -0.1) is 0 Å². The van der Waals surface area contributed by atoms with Gasteiger partial charge in [0.15, 0.2) is 12.3 Å². The predicted molar refractivity (Wildman–Crippen MR) is 126 cm³/mol. The minimum atomic E-state index is -0.567. The third kappa shape index (κ3) is 5.41. The van der Waals surface area contributed by atoms with Crippen molar-refractivity contribution in [2.75, 3.05) is 13.7 Å². The molecule has 0 radical (unpaired) electrons. The number of cyclic esters (lactones) is 1. The monoisotopic (exact) mass is 657 g/mol. The predicted octanol–water partition coefficient (Wildman–Crippen LogP) is 5.10. The normalized spacial score (nSPS) is 14.6. The first-order valence-electron chi connectivity index (χ1n) is 7.95. The van der Waals surface area contributed by atoms with Gasteiger partial charge in [0.1, 0.15) is 5.75 Å². The lowest BCUT2D eigenvalue weighted by atomic mass is 10.2. The van der Waals surface area contributed by atoms with E-state index in [4.69, 9.17) is 32.7 Å². The summed E-state index contributed by atoms with van der Waals surface area (Å²) < 4.78 is 16.9. The number of esters is 2. The Hall–Kier alpha value is -1.37. The van der Waals surface area contributed by atoms with Gasteiger partial charge in [-0.1, -0.05) is 23.2 Å². The number of nitrogens with zero attached hydrogens (tertiary/aromatic N) is 1. The van der Waals surface area contributed by atoms with Crippen molar-refractivity contribution in [1.29, 1.82) is 0 Å². The van der Waals surface area contributed by atoms with Crippen molar-refractivity contribution in [3.8, 4) is 5.75 Å². The fraction of sp³-hybridized carbons (Fsp3) is 0.105. The van der Waals surface area contributed by atoms with Crippen LogP contribution in [-0.2, 0) is 19.1 Å². The van der Waals surface area contributed by atoms with Crippen molar-refractivity contribution >= 4 is 92.3 Å². The quantitative estimate of drug-likeness (QED) is 0.254. The highest BCUT2D eigenvalue weighted by Crippen LogP contribution is 2.31. The number of ether oxygens (including phenoxy) is 3. The molecular weight excluding hydrogens is 647 g/mol. The van der Waals surface area contributed by atoms with Gasteiger partial charge in [-0.05, 0) is 87.2 Å². The van der Waals surface area contributed by atoms with E-state index in [0.717, 1.165) is 12.7 Å². The molecule has 0 saturated carbocycles. The van der Waals surface area contributed by atoms with Gasteiger partial charge in [-0.2, -0.15) is 0 Å². The first-order valence-corrected chi connectivity index (χ1v) is 10.9. The van der Waals surface area contributed by atoms with Crippen LogP contribution in [0, 0.1) is 7.14 Å². The van der Waals surface area contributed by atoms with Crippen LogP contribution in [0.1, 0.15) is 11.1 Å². The maximum absolute atomic E-state index is 12.2. The number of methoxy groups -OCH3 is 1. The van der Waals surface area contributed by atoms with E-state index in [1.807, 2.05) is 12.1 Å². The smallest absolute Gasteiger partial charge is 0.363 e. The molecule has 0 saturated heterocycles. The maximum Gasteiger partial charge on any atom is 0.363 e. The molecule has 0 spiro atoms. The van der Waals surface area contributed by atoms with Crippen LogP contribution in [0.2, 0.25) is 10.0 Å². The molecule has 0 atom stereocenters. The van der Waals surface area contributed by atoms with E-state index in [9.17, 15) is 9.59 Å². The number of carbonyl (C=O) groups is 2. The SMILES string of the molecule is COC(=O)COc1c(I)cc(/C=C2\N=C(c3ccc(Cl)c(Cl)c3)OC2=O)cc1I. The number of hydrogen-bond donors (Lipinski definition) is 0. The van der Waals surface area contributed by atoms with Gasteiger partial charge >= 0.3 is 11.9 Å². The van der Waals surface area contributed by atoms with Crippen LogP contribution in [0.25, 0.3) is 6.08 Å². The largest absolute Gasteiger partial charge is 0.480 e. The van der Waals surface area contributed by atoms with Gasteiger partial charge in [-0.25, -0.2) is 14.6 Å². The van der Waals surface area contributed by atoms with Crippen LogP contribution < -0.4 is 4.74 Å². The zero-order valence-corrected chi connectivity index (χ0v) is 20.5. The molecule has 0 unspecified atom stereocenters. The fourth-order valence-corrected chi connectivity index (χ4v) is 4.74. The number of hydrogen-bond acceptors (Lipinski definition) is 6. The van der Waals surface area contributed by atoms with Crippen LogP contribution in [0.5, 0.6) is 5.75 Å². The number of benzene rings is 2. The molecule has 3 rings (SSSR count). The molecular formula is C19H11Cl2I2NO5. The Morgan fingerprint density at radius 1 is 1.17 bits per heavy atom. The van der Waals surface area contributed by atoms with Gasteiger partial charge < -0.3 is 14.2 Å². The van der Waals surface area contributed by atoms with Crippen LogP contribution in [0.15, 0.2) is 41.0 Å². The van der Waals surface area contributed by atoms with Gasteiger partial charge in [0, 0.05) is 5.56 Å². The zero-order chi connectivity index (χ0) is 21.1. The molecule has 0 bridgehead atoms. The van der Waals surface area contributed by atoms with Gasteiger partial charge in [0.2, 0.25) is 5.90 Å². The summed E-state index contributed by atoms with van der Waals surface area (Å²) in [7, 11) is 1.30. The van der Waals surface area contributed by atoms with Crippen LogP contribution in [0.3, 0.4) is 0 Å². The summed E-state index contributed by atoms with van der Waals surface area (Å²) in [6.07, 6.45) is 1.61. The highest BCUT2D eigenvalue weighted by molar-refractivity contribution is 14.1. The minimum Gasteiger partial charge on any atom is -0.480 e. The number of carbonyl (C=O) groups excluding carboxylic acids is 2. The molecule has 1 aliphatic heterocycles. The second-order valence-electron chi connectivity index (χ2n) is 5.64. The maximum atomic E-state index is 12.2. The lowest BCUT2D eigenvalue weighted by Crippen LogP contribution is -2.13. The summed E-state index contributed by atoms with van der Waals surface area (Å²) >= 11 is 16.1. The van der Waals surface area contributed by atoms with Crippen molar-refractivity contribution in [2.45, 2.75) is 0 Å². The summed E-state index contributed by atoms with van der Waals surface area (Å²) in [5, 5.41) is 0.738. The van der Waals surface area contributed by atoms with Crippen LogP contribution in [0.4, 0.5) is 0 Å². The molecule has 0 amide bonds. The lowest BCUT2D eigenvalue weighted by molar-refractivity contribution is -0.143. The Bertz CT molecular complexity index is 1050. The number of aliphatic imine (C=N–C) groups is 1. The average Bonchev–Trinajstić information content (AvgIpc) is 3.03. The van der Waals surface area contributed by atoms with Gasteiger partial charge in [0.05, 0.1) is 24.3 Å². The molecule has 29 heavy (non-hydrogen) atoms. The van der Waals surface area contributed by atoms with E-state index in [0.29, 0.717) is 21.4 Å². The van der Waals surface area contributed by atoms with E-state index in [1.165, 1.54) is 7.11 Å². The van der Waals surface area contributed by atoms with Crippen LogP contribution >= 0.6 is 68.4 Å². The summed E-state index contributed by atoms with van der Waals surface area (Å²) in [5.74, 6) is -0.322. The van der Waals surface area contributed by atoms with Crippen molar-refractivity contribution in [3.63, 3.8) is 0 Å². The topological polar surface area (TPSA) is 74.2 Å². The molecule has 150 valence electrons. The second kappa shape index (κ2) is 9.63. The minimum absolute atomic E-state index is 0.154. The third-order valence-electron chi connectivity index (χ3n) is 3.67. The number of rotatable bonds is 5. The van der Waals surface area contributed by atoms with Crippen molar-refractivity contribution < 1.29 is 23.8 Å². The van der Waals surface area contributed by atoms with E-state index >= 15 is 0 Å². The Morgan fingerprint density at radius 2 is 1.86 bits per heavy atom. The van der Waals surface area contributed by atoms with Crippen LogP contribution in [-0.4, -0.2) is 31.6 Å². The van der Waals surface area contributed by atoms with Crippen molar-refractivity contribution in [2.24, 2.45) is 4.99 Å². The third-order valence-corrected chi connectivity index (χ3v) is 6.01. The van der Waals surface area contributed by atoms with E-state index in [1.54, 1.807) is 24.3 Å². The molecule has 10 heteroatoms. The molecule has 1 aliphatic rings. The first-order chi connectivity index (χ1) is 13.8. The summed E-state index contributed by atoms with van der Waals surface area (Å²) in [6.45, 7) is -0.188. The Kier molecular flexibility index (Phi) is 7.41. The molecule has 2 aromatic rings. The molecule has 6 nitrogen and oxygen atoms in total. The van der Waals surface area contributed by atoms with E-state index in [-0.39, 0.29) is 18.2 Å². The number of halogens is 4. The molecule has 0 N–H and O–H groups in total. The molecule has 2 aromatic carbocycles. The second-order valence-corrected chi connectivity index (χ2v) is 8.78. The Labute approximate surface area is 203 Å². The summed E-state index contributed by atoms with van der Waals surface area (Å²) in [5.41, 5.74) is 1.43. The van der Waals surface area contributed by atoms with Gasteiger partial charge in [-0.3, -0.25) is 0 Å². The van der Waals surface area contributed by atoms with Crippen molar-refractivity contribution in [1.82, 2.24) is 0 Å². The fourth-order valence-electron chi connectivity index (χ4n) is 2.31. The zero-order valence-electron chi connectivity index (χ0n) is 14.7. The molecule has 0 aromatic heterocycles. The Balaban J connectivity index is 1.87. The average molecular weight is 658 g/mol.